The van der Waals surface area contributed by atoms with Gasteiger partial charge in [0.1, 0.15) is 23.9 Å². The molecule has 4 heteroatoms. The quantitative estimate of drug-likeness (QED) is 0.912. The summed E-state index contributed by atoms with van der Waals surface area (Å²) in [6, 6.07) is 11.6. The second kappa shape index (κ2) is 5.10. The van der Waals surface area contributed by atoms with Crippen LogP contribution >= 0.6 is 15.9 Å². The third-order valence-electron chi connectivity index (χ3n) is 2.27. The van der Waals surface area contributed by atoms with Crippen LogP contribution in [0.25, 0.3) is 0 Å². The van der Waals surface area contributed by atoms with Gasteiger partial charge in [-0.05, 0) is 36.4 Å². The Morgan fingerprint density at radius 1 is 0.941 bits per heavy atom. The van der Waals surface area contributed by atoms with Crippen molar-refractivity contribution in [3.8, 4) is 17.2 Å². The molecule has 0 fully saturated rings. The van der Waals surface area contributed by atoms with E-state index in [1.807, 2.05) is 0 Å². The zero-order valence-corrected chi connectivity index (χ0v) is 10.5. The summed E-state index contributed by atoms with van der Waals surface area (Å²) < 4.78 is 6.35. The summed E-state index contributed by atoms with van der Waals surface area (Å²) in [7, 11) is 0. The first-order valence-corrected chi connectivity index (χ1v) is 5.83. The number of ether oxygens (including phenoxy) is 1. The number of aromatic hydroxyl groups is 2. The Morgan fingerprint density at radius 2 is 1.59 bits per heavy atom. The third-order valence-corrected chi connectivity index (χ3v) is 3.01. The van der Waals surface area contributed by atoms with Gasteiger partial charge in [0.05, 0.1) is 0 Å². The second-order valence-corrected chi connectivity index (χ2v) is 4.41. The van der Waals surface area contributed by atoms with E-state index in [4.69, 9.17) is 9.84 Å². The summed E-state index contributed by atoms with van der Waals surface area (Å²) in [5.74, 6) is 1.11. The van der Waals surface area contributed by atoms with Gasteiger partial charge >= 0.3 is 0 Å². The van der Waals surface area contributed by atoms with Gasteiger partial charge in [-0.15, -0.1) is 0 Å². The summed E-state index contributed by atoms with van der Waals surface area (Å²) >= 11 is 3.35. The summed E-state index contributed by atoms with van der Waals surface area (Å²) in [5, 5.41) is 18.4. The van der Waals surface area contributed by atoms with Crippen LogP contribution in [0.3, 0.4) is 0 Å². The van der Waals surface area contributed by atoms with Crippen molar-refractivity contribution in [2.75, 3.05) is 0 Å². The smallest absolute Gasteiger partial charge is 0.120 e. The first-order chi connectivity index (χ1) is 8.15. The molecular formula is C13H11BrO3. The molecule has 0 amide bonds. The second-order valence-electron chi connectivity index (χ2n) is 3.56. The highest BCUT2D eigenvalue weighted by atomic mass is 79.9. The van der Waals surface area contributed by atoms with Crippen LogP contribution in [-0.2, 0) is 6.61 Å². The van der Waals surface area contributed by atoms with Crippen LogP contribution in [0.5, 0.6) is 17.2 Å². The van der Waals surface area contributed by atoms with Gasteiger partial charge in [-0.3, -0.25) is 0 Å². The number of phenols is 2. The number of phenolic OH excluding ortho intramolecular Hbond substituents is 2. The third kappa shape index (κ3) is 3.14. The van der Waals surface area contributed by atoms with Crippen LogP contribution in [0.1, 0.15) is 5.56 Å². The van der Waals surface area contributed by atoms with Crippen molar-refractivity contribution in [2.45, 2.75) is 6.61 Å². The number of hydrogen-bond donors (Lipinski definition) is 2. The number of benzene rings is 2. The molecule has 3 nitrogen and oxygen atoms in total. The lowest BCUT2D eigenvalue weighted by Gasteiger charge is -2.08. The Morgan fingerprint density at radius 3 is 2.24 bits per heavy atom. The molecule has 2 aromatic carbocycles. The van der Waals surface area contributed by atoms with E-state index >= 15 is 0 Å². The van der Waals surface area contributed by atoms with E-state index in [1.165, 1.54) is 0 Å². The van der Waals surface area contributed by atoms with Crippen LogP contribution < -0.4 is 4.74 Å². The van der Waals surface area contributed by atoms with E-state index in [0.29, 0.717) is 12.4 Å². The molecule has 0 spiro atoms. The molecule has 0 aromatic heterocycles. The Kier molecular flexibility index (Phi) is 3.54. The highest BCUT2D eigenvalue weighted by molar-refractivity contribution is 9.10. The standard InChI is InChI=1S/C13H11BrO3/c14-13-7-11(16)2-1-9(13)8-17-12-5-3-10(15)4-6-12/h1-7,15-16H,8H2. The van der Waals surface area contributed by atoms with Crippen LogP contribution in [0.4, 0.5) is 0 Å². The molecule has 0 heterocycles. The number of rotatable bonds is 3. The fraction of sp³-hybridized carbons (Fsp3) is 0.0769. The summed E-state index contributed by atoms with van der Waals surface area (Å²) in [5.41, 5.74) is 0.941. The summed E-state index contributed by atoms with van der Waals surface area (Å²) in [6.07, 6.45) is 0. The minimum Gasteiger partial charge on any atom is -0.508 e. The first kappa shape index (κ1) is 11.8. The van der Waals surface area contributed by atoms with Gasteiger partial charge in [-0.2, -0.15) is 0 Å². The van der Waals surface area contributed by atoms with Crippen molar-refractivity contribution < 1.29 is 14.9 Å². The van der Waals surface area contributed by atoms with Crippen molar-refractivity contribution in [1.29, 1.82) is 0 Å². The van der Waals surface area contributed by atoms with Gasteiger partial charge in [0.2, 0.25) is 0 Å². The van der Waals surface area contributed by atoms with Crippen LogP contribution in [-0.4, -0.2) is 10.2 Å². The lowest BCUT2D eigenvalue weighted by atomic mass is 10.2. The average Bonchev–Trinajstić information content (AvgIpc) is 2.30. The van der Waals surface area contributed by atoms with Gasteiger partial charge in [0.15, 0.2) is 0 Å². The van der Waals surface area contributed by atoms with Gasteiger partial charge in [-0.1, -0.05) is 22.0 Å². The Bertz CT molecular complexity index is 509. The SMILES string of the molecule is Oc1ccc(OCc2ccc(O)cc2Br)cc1. The van der Waals surface area contributed by atoms with Crippen molar-refractivity contribution in [1.82, 2.24) is 0 Å². The maximum atomic E-state index is 9.25. The highest BCUT2D eigenvalue weighted by Gasteiger charge is 2.02. The van der Waals surface area contributed by atoms with E-state index in [1.54, 1.807) is 42.5 Å². The fourth-order valence-electron chi connectivity index (χ4n) is 1.36. The zero-order chi connectivity index (χ0) is 12.3. The minimum absolute atomic E-state index is 0.211. The molecule has 88 valence electrons. The molecule has 2 N–H and O–H groups in total. The van der Waals surface area contributed by atoms with Crippen LogP contribution in [0.15, 0.2) is 46.9 Å². The van der Waals surface area contributed by atoms with Gasteiger partial charge < -0.3 is 14.9 Å². The predicted octanol–water partition coefficient (Wildman–Crippen LogP) is 3.44. The van der Waals surface area contributed by atoms with Gasteiger partial charge in [0.25, 0.3) is 0 Å². The molecule has 2 aromatic rings. The monoisotopic (exact) mass is 294 g/mol. The largest absolute Gasteiger partial charge is 0.508 e. The zero-order valence-electron chi connectivity index (χ0n) is 8.93. The van der Waals surface area contributed by atoms with E-state index < -0.39 is 0 Å². The molecule has 0 aliphatic heterocycles. The molecule has 2 rings (SSSR count). The van der Waals surface area contributed by atoms with Crippen molar-refractivity contribution in [2.24, 2.45) is 0 Å². The maximum absolute atomic E-state index is 9.25. The molecule has 0 aliphatic carbocycles. The number of hydrogen-bond acceptors (Lipinski definition) is 3. The lowest BCUT2D eigenvalue weighted by Crippen LogP contribution is -1.95. The van der Waals surface area contributed by atoms with E-state index in [2.05, 4.69) is 15.9 Å². The predicted molar refractivity (Wildman–Crippen MR) is 68.2 cm³/mol. The van der Waals surface area contributed by atoms with Crippen LogP contribution in [0, 0.1) is 0 Å². The Balaban J connectivity index is 2.04. The molecule has 0 unspecified atom stereocenters. The van der Waals surface area contributed by atoms with E-state index in [9.17, 15) is 5.11 Å². The van der Waals surface area contributed by atoms with Crippen molar-refractivity contribution >= 4 is 15.9 Å². The van der Waals surface area contributed by atoms with Gasteiger partial charge in [-0.25, -0.2) is 0 Å². The summed E-state index contributed by atoms with van der Waals surface area (Å²) in [6.45, 7) is 0.394. The molecule has 0 radical (unpaired) electrons. The summed E-state index contributed by atoms with van der Waals surface area (Å²) in [4.78, 5) is 0. The highest BCUT2D eigenvalue weighted by Crippen LogP contribution is 2.24. The molecule has 0 atom stereocenters. The normalized spacial score (nSPS) is 10.2. The number of halogens is 1. The molecule has 0 aliphatic rings. The molecule has 0 bridgehead atoms. The lowest BCUT2D eigenvalue weighted by molar-refractivity contribution is 0.304. The molecule has 17 heavy (non-hydrogen) atoms. The average molecular weight is 295 g/mol. The fourth-order valence-corrected chi connectivity index (χ4v) is 1.84. The first-order valence-electron chi connectivity index (χ1n) is 5.04. The van der Waals surface area contributed by atoms with E-state index in [-0.39, 0.29) is 11.5 Å². The van der Waals surface area contributed by atoms with Gasteiger partial charge in [0, 0.05) is 10.0 Å². The topological polar surface area (TPSA) is 49.7 Å². The van der Waals surface area contributed by atoms with Crippen molar-refractivity contribution in [3.63, 3.8) is 0 Å². The van der Waals surface area contributed by atoms with Crippen molar-refractivity contribution in [3.05, 3.63) is 52.5 Å². The van der Waals surface area contributed by atoms with E-state index in [0.717, 1.165) is 10.0 Å². The Hall–Kier alpha value is -1.68. The molecule has 0 saturated carbocycles. The Labute approximate surface area is 107 Å². The molecule has 0 saturated heterocycles. The maximum Gasteiger partial charge on any atom is 0.120 e. The minimum atomic E-state index is 0.211. The molecular weight excluding hydrogens is 284 g/mol. The van der Waals surface area contributed by atoms with Crippen LogP contribution in [0.2, 0.25) is 0 Å².